The first-order chi connectivity index (χ1) is 10.3. The molecular weight excluding hydrogens is 297 g/mol. The van der Waals surface area contributed by atoms with Crippen molar-refractivity contribution >= 4 is 17.6 Å². The Hall–Kier alpha value is -3.29. The number of carboxylic acid groups (broad SMARTS) is 2. The first-order valence-electron chi connectivity index (χ1n) is 5.79. The zero-order chi connectivity index (χ0) is 16.7. The molecule has 7 nitrogen and oxygen atoms in total. The molecule has 0 aliphatic rings. The second kappa shape index (κ2) is 7.48. The Labute approximate surface area is 123 Å². The van der Waals surface area contributed by atoms with Crippen LogP contribution in [0.25, 0.3) is 0 Å². The highest BCUT2D eigenvalue weighted by atomic mass is 19.1. The summed E-state index contributed by atoms with van der Waals surface area (Å²) in [6.07, 6.45) is 0. The summed E-state index contributed by atoms with van der Waals surface area (Å²) in [6.45, 7) is 0. The van der Waals surface area contributed by atoms with E-state index in [1.807, 2.05) is 0 Å². The Bertz CT molecular complexity index is 683. The molecule has 0 radical (unpaired) electrons. The van der Waals surface area contributed by atoms with Gasteiger partial charge in [-0.25, -0.2) is 14.0 Å². The summed E-state index contributed by atoms with van der Waals surface area (Å²) in [6, 6.07) is 10.5. The third kappa shape index (κ3) is 4.37. The number of rotatable bonds is 3. The summed E-state index contributed by atoms with van der Waals surface area (Å²) in [5.74, 6) is -3.23. The van der Waals surface area contributed by atoms with Crippen LogP contribution in [0.1, 0.15) is 20.7 Å². The molecule has 0 unspecified atom stereocenters. The molecule has 0 amide bonds. The summed E-state index contributed by atoms with van der Waals surface area (Å²) in [7, 11) is 0. The highest BCUT2D eigenvalue weighted by Gasteiger charge is 2.17. The minimum atomic E-state index is -1.29. The summed E-state index contributed by atoms with van der Waals surface area (Å²) < 4.78 is 12.5. The molecule has 2 N–H and O–H groups in total. The molecule has 0 aliphatic carbocycles. The van der Waals surface area contributed by atoms with Crippen LogP contribution in [0.5, 0.6) is 0 Å². The fourth-order valence-electron chi connectivity index (χ4n) is 1.45. The van der Waals surface area contributed by atoms with Crippen LogP contribution in [0.2, 0.25) is 0 Å². The van der Waals surface area contributed by atoms with E-state index in [0.717, 1.165) is 12.1 Å². The Balaban J connectivity index is 0.000000224. The van der Waals surface area contributed by atoms with Gasteiger partial charge in [0, 0.05) is 6.07 Å². The van der Waals surface area contributed by atoms with Gasteiger partial charge in [0.1, 0.15) is 11.4 Å². The van der Waals surface area contributed by atoms with Gasteiger partial charge < -0.3 is 10.2 Å². The van der Waals surface area contributed by atoms with Crippen LogP contribution < -0.4 is 0 Å². The van der Waals surface area contributed by atoms with Gasteiger partial charge in [-0.3, -0.25) is 10.1 Å². The number of halogens is 1. The van der Waals surface area contributed by atoms with Crippen LogP contribution >= 0.6 is 0 Å². The van der Waals surface area contributed by atoms with E-state index in [-0.39, 0.29) is 16.8 Å². The van der Waals surface area contributed by atoms with Gasteiger partial charge in [0.25, 0.3) is 5.69 Å². The van der Waals surface area contributed by atoms with Gasteiger partial charge in [-0.15, -0.1) is 0 Å². The highest BCUT2D eigenvalue weighted by Crippen LogP contribution is 2.16. The van der Waals surface area contributed by atoms with Crippen molar-refractivity contribution in [3.8, 4) is 0 Å². The standard InChI is InChI=1S/C7H5FO2.C7H5NO4/c8-6-4-2-1-3-5(6)7(9)10;9-7(10)5-3-1-2-4-6(5)8(11)12/h1-4H,(H,9,10);1-4H,(H,9,10). The number of carbonyl (C=O) groups is 2. The Morgan fingerprint density at radius 3 is 1.73 bits per heavy atom. The number of para-hydroxylation sites is 1. The number of nitro benzene ring substituents is 1. The minimum Gasteiger partial charge on any atom is -0.478 e. The van der Waals surface area contributed by atoms with Crippen molar-refractivity contribution in [2.45, 2.75) is 0 Å². The fraction of sp³-hybridized carbons (Fsp3) is 0. The van der Waals surface area contributed by atoms with E-state index in [0.29, 0.717) is 0 Å². The lowest BCUT2D eigenvalue weighted by Gasteiger charge is -1.94. The first-order valence-corrected chi connectivity index (χ1v) is 5.79. The molecule has 0 spiro atoms. The Morgan fingerprint density at radius 1 is 0.909 bits per heavy atom. The predicted octanol–water partition coefficient (Wildman–Crippen LogP) is 2.82. The third-order valence-corrected chi connectivity index (χ3v) is 2.44. The van der Waals surface area contributed by atoms with Crippen molar-refractivity contribution in [2.75, 3.05) is 0 Å². The molecule has 2 aromatic carbocycles. The molecule has 2 aromatic rings. The first kappa shape index (κ1) is 16.8. The SMILES string of the molecule is O=C(O)c1ccccc1F.O=C(O)c1ccccc1[N+](=O)[O-]. The predicted molar refractivity (Wildman–Crippen MR) is 73.4 cm³/mol. The van der Waals surface area contributed by atoms with E-state index in [4.69, 9.17) is 10.2 Å². The van der Waals surface area contributed by atoms with Crippen LogP contribution in [0.3, 0.4) is 0 Å². The summed E-state index contributed by atoms with van der Waals surface area (Å²) in [5.41, 5.74) is -0.963. The monoisotopic (exact) mass is 307 g/mol. The van der Waals surface area contributed by atoms with Crippen LogP contribution in [0, 0.1) is 15.9 Å². The number of aromatic carboxylic acids is 2. The van der Waals surface area contributed by atoms with Gasteiger partial charge in [-0.2, -0.15) is 0 Å². The lowest BCUT2D eigenvalue weighted by molar-refractivity contribution is -0.385. The van der Waals surface area contributed by atoms with Crippen molar-refractivity contribution < 1.29 is 29.1 Å². The molecule has 0 aliphatic heterocycles. The van der Waals surface area contributed by atoms with E-state index in [9.17, 15) is 24.1 Å². The minimum absolute atomic E-state index is 0.289. The quantitative estimate of drug-likeness (QED) is 0.665. The fourth-order valence-corrected chi connectivity index (χ4v) is 1.45. The number of hydrogen-bond donors (Lipinski definition) is 2. The van der Waals surface area contributed by atoms with Crippen molar-refractivity contribution in [3.63, 3.8) is 0 Å². The van der Waals surface area contributed by atoms with Gasteiger partial charge in [0.05, 0.1) is 10.5 Å². The van der Waals surface area contributed by atoms with E-state index in [1.165, 1.54) is 36.4 Å². The maximum absolute atomic E-state index is 12.5. The molecular formula is C14H10FNO6. The molecule has 8 heteroatoms. The highest BCUT2D eigenvalue weighted by molar-refractivity contribution is 5.92. The lowest BCUT2D eigenvalue weighted by atomic mass is 10.2. The number of carboxylic acids is 2. The zero-order valence-electron chi connectivity index (χ0n) is 11.0. The average molecular weight is 307 g/mol. The topological polar surface area (TPSA) is 118 Å². The van der Waals surface area contributed by atoms with E-state index < -0.39 is 22.7 Å². The smallest absolute Gasteiger partial charge is 0.342 e. The number of benzene rings is 2. The number of hydrogen-bond acceptors (Lipinski definition) is 4. The molecule has 114 valence electrons. The molecule has 0 aromatic heterocycles. The van der Waals surface area contributed by atoms with Crippen molar-refractivity contribution in [3.05, 3.63) is 75.6 Å². The summed E-state index contributed by atoms with van der Waals surface area (Å²) >= 11 is 0. The molecule has 0 saturated heterocycles. The van der Waals surface area contributed by atoms with Gasteiger partial charge in [0.15, 0.2) is 0 Å². The Kier molecular flexibility index (Phi) is 5.70. The second-order valence-corrected chi connectivity index (χ2v) is 3.86. The molecule has 0 fully saturated rings. The van der Waals surface area contributed by atoms with E-state index in [2.05, 4.69) is 0 Å². The van der Waals surface area contributed by atoms with Crippen molar-refractivity contribution in [2.24, 2.45) is 0 Å². The lowest BCUT2D eigenvalue weighted by Crippen LogP contribution is -2.01. The van der Waals surface area contributed by atoms with Gasteiger partial charge >= 0.3 is 11.9 Å². The van der Waals surface area contributed by atoms with Crippen LogP contribution in [0.4, 0.5) is 10.1 Å². The molecule has 0 heterocycles. The summed E-state index contributed by atoms with van der Waals surface area (Å²) in [5, 5.41) is 27.1. The second-order valence-electron chi connectivity index (χ2n) is 3.86. The maximum atomic E-state index is 12.5. The largest absolute Gasteiger partial charge is 0.478 e. The average Bonchev–Trinajstić information content (AvgIpc) is 2.48. The number of nitrogens with zero attached hydrogens (tertiary/aromatic N) is 1. The van der Waals surface area contributed by atoms with Gasteiger partial charge in [0.2, 0.25) is 0 Å². The third-order valence-electron chi connectivity index (χ3n) is 2.44. The molecule has 0 bridgehead atoms. The molecule has 0 saturated carbocycles. The van der Waals surface area contributed by atoms with Crippen LogP contribution in [0.15, 0.2) is 48.5 Å². The van der Waals surface area contributed by atoms with Crippen LogP contribution in [-0.4, -0.2) is 27.1 Å². The van der Waals surface area contributed by atoms with E-state index in [1.54, 1.807) is 0 Å². The molecule has 22 heavy (non-hydrogen) atoms. The molecule has 2 rings (SSSR count). The van der Waals surface area contributed by atoms with Gasteiger partial charge in [-0.05, 0) is 18.2 Å². The molecule has 0 atom stereocenters. The van der Waals surface area contributed by atoms with Crippen molar-refractivity contribution in [1.29, 1.82) is 0 Å². The normalized spacial score (nSPS) is 9.32. The van der Waals surface area contributed by atoms with Gasteiger partial charge in [-0.1, -0.05) is 24.3 Å². The maximum Gasteiger partial charge on any atom is 0.342 e. The number of nitro groups is 1. The van der Waals surface area contributed by atoms with Crippen LogP contribution in [-0.2, 0) is 0 Å². The van der Waals surface area contributed by atoms with E-state index >= 15 is 0 Å². The zero-order valence-corrected chi connectivity index (χ0v) is 11.0. The van der Waals surface area contributed by atoms with Crippen molar-refractivity contribution in [1.82, 2.24) is 0 Å². The summed E-state index contributed by atoms with van der Waals surface area (Å²) in [4.78, 5) is 30.2. The Morgan fingerprint density at radius 2 is 1.36 bits per heavy atom.